The van der Waals surface area contributed by atoms with Gasteiger partial charge in [0.05, 0.1) is 0 Å². The molecule has 0 bridgehead atoms. The molecule has 2 aliphatic heterocycles. The second kappa shape index (κ2) is 5.80. The standard InChI is InChI=1S/C19H25NO3S/c1-12-5-6-15-13(9-12)14(21)10-19(24-15)7-8-20(17(22)23)16(11-19)18(2,3)4/h5-6,9,16H,7-8,10-11H2,1-4H3,(H,22,23). The first-order chi connectivity index (χ1) is 11.1. The van der Waals surface area contributed by atoms with Crippen LogP contribution in [0.4, 0.5) is 4.79 Å². The molecule has 2 aliphatic rings. The number of benzene rings is 1. The van der Waals surface area contributed by atoms with E-state index >= 15 is 0 Å². The van der Waals surface area contributed by atoms with E-state index in [0.717, 1.165) is 28.9 Å². The summed E-state index contributed by atoms with van der Waals surface area (Å²) in [6.45, 7) is 8.75. The molecule has 3 rings (SSSR count). The van der Waals surface area contributed by atoms with Gasteiger partial charge >= 0.3 is 6.09 Å². The quantitative estimate of drug-likeness (QED) is 0.745. The lowest BCUT2D eigenvalue weighted by molar-refractivity contribution is 0.0454. The highest BCUT2D eigenvalue weighted by Crippen LogP contribution is 2.52. The van der Waals surface area contributed by atoms with E-state index in [1.165, 1.54) is 0 Å². The van der Waals surface area contributed by atoms with Gasteiger partial charge in [0.2, 0.25) is 0 Å². The van der Waals surface area contributed by atoms with Crippen molar-refractivity contribution in [2.75, 3.05) is 6.54 Å². The third-order valence-electron chi connectivity index (χ3n) is 5.24. The van der Waals surface area contributed by atoms with Crippen molar-refractivity contribution in [1.29, 1.82) is 0 Å². The Morgan fingerprint density at radius 3 is 2.71 bits per heavy atom. The molecule has 1 aromatic rings. The minimum Gasteiger partial charge on any atom is -0.465 e. The van der Waals surface area contributed by atoms with Gasteiger partial charge in [0, 0.05) is 34.2 Å². The second-order valence-electron chi connectivity index (χ2n) is 8.20. The number of carbonyl (C=O) groups excluding carboxylic acids is 1. The van der Waals surface area contributed by atoms with Crippen molar-refractivity contribution < 1.29 is 14.7 Å². The van der Waals surface area contributed by atoms with Crippen LogP contribution in [0.25, 0.3) is 0 Å². The van der Waals surface area contributed by atoms with Crippen LogP contribution in [0.5, 0.6) is 0 Å². The zero-order chi connectivity index (χ0) is 17.7. The monoisotopic (exact) mass is 347 g/mol. The molecule has 4 nitrogen and oxygen atoms in total. The first kappa shape index (κ1) is 17.3. The van der Waals surface area contributed by atoms with Crippen molar-refractivity contribution in [2.24, 2.45) is 5.41 Å². The highest BCUT2D eigenvalue weighted by atomic mass is 32.2. The SMILES string of the molecule is Cc1ccc2c(c1)C(=O)CC1(CCN(C(=O)O)C(C(C)(C)C)C1)S2. The lowest BCUT2D eigenvalue weighted by atomic mass is 9.75. The lowest BCUT2D eigenvalue weighted by Gasteiger charge is -2.50. The van der Waals surface area contributed by atoms with Gasteiger partial charge in [0.25, 0.3) is 0 Å². The zero-order valence-electron chi connectivity index (χ0n) is 14.8. The first-order valence-electron chi connectivity index (χ1n) is 8.44. The Kier molecular flexibility index (Phi) is 4.19. The summed E-state index contributed by atoms with van der Waals surface area (Å²) < 4.78 is -0.177. The number of hydrogen-bond acceptors (Lipinski definition) is 3. The minimum absolute atomic E-state index is 0.0731. The van der Waals surface area contributed by atoms with Crippen molar-refractivity contribution in [3.05, 3.63) is 29.3 Å². The fourth-order valence-electron chi connectivity index (χ4n) is 3.91. The summed E-state index contributed by atoms with van der Waals surface area (Å²) in [6.07, 6.45) is 1.11. The summed E-state index contributed by atoms with van der Waals surface area (Å²) in [5.41, 5.74) is 1.79. The Labute approximate surface area is 147 Å². The van der Waals surface area contributed by atoms with Crippen LogP contribution in [0.1, 0.15) is 56.0 Å². The Balaban J connectivity index is 1.94. The van der Waals surface area contributed by atoms with Gasteiger partial charge in [0.15, 0.2) is 5.78 Å². The first-order valence-corrected chi connectivity index (χ1v) is 9.25. The van der Waals surface area contributed by atoms with Crippen LogP contribution in [0.3, 0.4) is 0 Å². The van der Waals surface area contributed by atoms with E-state index in [9.17, 15) is 14.7 Å². The number of likely N-dealkylation sites (tertiary alicyclic amines) is 1. The van der Waals surface area contributed by atoms with E-state index in [1.54, 1.807) is 16.7 Å². The molecular weight excluding hydrogens is 322 g/mol. The van der Waals surface area contributed by atoms with Crippen LogP contribution in [0.15, 0.2) is 23.1 Å². The number of rotatable bonds is 0. The second-order valence-corrected chi connectivity index (χ2v) is 9.71. The molecule has 24 heavy (non-hydrogen) atoms. The Morgan fingerprint density at radius 2 is 2.08 bits per heavy atom. The molecular formula is C19H25NO3S. The molecule has 1 aromatic carbocycles. The zero-order valence-corrected chi connectivity index (χ0v) is 15.6. The normalized spacial score (nSPS) is 27.2. The van der Waals surface area contributed by atoms with Gasteiger partial charge in [-0.25, -0.2) is 4.79 Å². The Hall–Kier alpha value is -1.49. The van der Waals surface area contributed by atoms with Gasteiger partial charge in [-0.15, -0.1) is 11.8 Å². The molecule has 0 aliphatic carbocycles. The summed E-state index contributed by atoms with van der Waals surface area (Å²) in [6, 6.07) is 6.00. The average Bonchev–Trinajstić information content (AvgIpc) is 2.47. The van der Waals surface area contributed by atoms with E-state index in [-0.39, 0.29) is 22.0 Å². The predicted molar refractivity (Wildman–Crippen MR) is 95.9 cm³/mol. The number of carbonyl (C=O) groups is 2. The molecule has 2 heterocycles. The molecule has 5 heteroatoms. The number of aryl methyl sites for hydroxylation is 1. The third-order valence-corrected chi connectivity index (χ3v) is 6.76. The van der Waals surface area contributed by atoms with E-state index < -0.39 is 6.09 Å². The van der Waals surface area contributed by atoms with E-state index in [4.69, 9.17) is 0 Å². The lowest BCUT2D eigenvalue weighted by Crippen LogP contribution is -2.56. The predicted octanol–water partition coefficient (Wildman–Crippen LogP) is 4.60. The molecule has 0 radical (unpaired) electrons. The number of fused-ring (bicyclic) bond motifs is 1. The Morgan fingerprint density at radius 1 is 1.38 bits per heavy atom. The number of Topliss-reactive ketones (excluding diaryl/α,β-unsaturated/α-hetero) is 1. The molecule has 1 spiro atoms. The van der Waals surface area contributed by atoms with Crippen molar-refractivity contribution in [3.8, 4) is 0 Å². The van der Waals surface area contributed by atoms with Crippen LogP contribution in [-0.4, -0.2) is 39.2 Å². The molecule has 0 aromatic heterocycles. The molecule has 0 saturated carbocycles. The van der Waals surface area contributed by atoms with Gasteiger partial charge in [0.1, 0.15) is 0 Å². The van der Waals surface area contributed by atoms with Crippen LogP contribution < -0.4 is 0 Å². The largest absolute Gasteiger partial charge is 0.465 e. The topological polar surface area (TPSA) is 57.6 Å². The number of hydrogen-bond donors (Lipinski definition) is 1. The maximum atomic E-state index is 12.7. The molecule has 2 atom stereocenters. The van der Waals surface area contributed by atoms with Crippen LogP contribution >= 0.6 is 11.8 Å². The molecule has 130 valence electrons. The fraction of sp³-hybridized carbons (Fsp3) is 0.579. The number of ketones is 1. The summed E-state index contributed by atoms with van der Waals surface area (Å²) in [4.78, 5) is 27.0. The summed E-state index contributed by atoms with van der Waals surface area (Å²) >= 11 is 1.79. The Bertz CT molecular complexity index is 694. The average molecular weight is 347 g/mol. The fourth-order valence-corrected chi connectivity index (χ4v) is 5.43. The smallest absolute Gasteiger partial charge is 0.407 e. The van der Waals surface area contributed by atoms with Crippen molar-refractivity contribution in [1.82, 2.24) is 4.90 Å². The van der Waals surface area contributed by atoms with Gasteiger partial charge < -0.3 is 10.0 Å². The molecule has 1 amide bonds. The van der Waals surface area contributed by atoms with E-state index in [2.05, 4.69) is 20.8 Å². The number of thioether (sulfide) groups is 1. The maximum Gasteiger partial charge on any atom is 0.407 e. The molecule has 1 saturated heterocycles. The highest BCUT2D eigenvalue weighted by molar-refractivity contribution is 8.01. The highest BCUT2D eigenvalue weighted by Gasteiger charge is 2.49. The molecule has 1 N–H and O–H groups in total. The van der Waals surface area contributed by atoms with Gasteiger partial charge in [-0.05, 0) is 37.3 Å². The van der Waals surface area contributed by atoms with Gasteiger partial charge in [-0.3, -0.25) is 4.79 Å². The van der Waals surface area contributed by atoms with Crippen molar-refractivity contribution in [2.45, 2.75) is 62.6 Å². The maximum absolute atomic E-state index is 12.7. The molecule has 1 fully saturated rings. The summed E-state index contributed by atoms with van der Waals surface area (Å²) in [5.74, 6) is 0.198. The van der Waals surface area contributed by atoms with Crippen LogP contribution in [-0.2, 0) is 0 Å². The number of nitrogens with zero attached hydrogens (tertiary/aromatic N) is 1. The number of amides is 1. The summed E-state index contributed by atoms with van der Waals surface area (Å²) in [5, 5.41) is 9.55. The van der Waals surface area contributed by atoms with Crippen molar-refractivity contribution >= 4 is 23.6 Å². The minimum atomic E-state index is -0.854. The number of piperidine rings is 1. The third kappa shape index (κ3) is 3.06. The van der Waals surface area contributed by atoms with E-state index in [0.29, 0.717) is 13.0 Å². The summed E-state index contributed by atoms with van der Waals surface area (Å²) in [7, 11) is 0. The van der Waals surface area contributed by atoms with Crippen LogP contribution in [0, 0.1) is 12.3 Å². The van der Waals surface area contributed by atoms with E-state index in [1.807, 2.05) is 25.1 Å². The van der Waals surface area contributed by atoms with Crippen molar-refractivity contribution in [3.63, 3.8) is 0 Å². The van der Waals surface area contributed by atoms with Crippen LogP contribution in [0.2, 0.25) is 0 Å². The number of carboxylic acid groups (broad SMARTS) is 1. The van der Waals surface area contributed by atoms with Gasteiger partial charge in [-0.1, -0.05) is 32.4 Å². The van der Waals surface area contributed by atoms with Gasteiger partial charge in [-0.2, -0.15) is 0 Å². The molecule has 2 unspecified atom stereocenters.